The standard InChI is InChI=1S/C14H27NO3S/c1-10(2)9-19(17,18)15-14(16)13-7-5-12(6-8-13)11(3)4/h10-13H,5-9H2,1-4H3,(H,15,16). The first-order valence-electron chi connectivity index (χ1n) is 7.25. The first-order valence-corrected chi connectivity index (χ1v) is 8.91. The molecule has 0 unspecified atom stereocenters. The molecule has 0 atom stereocenters. The lowest BCUT2D eigenvalue weighted by Gasteiger charge is -2.30. The molecule has 0 bridgehead atoms. The molecule has 1 rings (SSSR count). The van der Waals surface area contributed by atoms with Crippen molar-refractivity contribution in [2.75, 3.05) is 5.75 Å². The topological polar surface area (TPSA) is 63.2 Å². The highest BCUT2D eigenvalue weighted by atomic mass is 32.2. The molecule has 0 spiro atoms. The fourth-order valence-corrected chi connectivity index (χ4v) is 4.20. The molecule has 19 heavy (non-hydrogen) atoms. The van der Waals surface area contributed by atoms with Crippen LogP contribution >= 0.6 is 0 Å². The van der Waals surface area contributed by atoms with E-state index in [1.807, 2.05) is 13.8 Å². The summed E-state index contributed by atoms with van der Waals surface area (Å²) in [5.74, 6) is 0.937. The summed E-state index contributed by atoms with van der Waals surface area (Å²) >= 11 is 0. The molecule has 1 amide bonds. The highest BCUT2D eigenvalue weighted by Gasteiger charge is 2.29. The predicted octanol–water partition coefficient (Wildman–Crippen LogP) is 2.55. The van der Waals surface area contributed by atoms with Crippen LogP contribution in [0.25, 0.3) is 0 Å². The average Bonchev–Trinajstić information content (AvgIpc) is 2.26. The maximum absolute atomic E-state index is 12.0. The number of hydrogen-bond acceptors (Lipinski definition) is 3. The lowest BCUT2D eigenvalue weighted by molar-refractivity contribution is -0.124. The summed E-state index contributed by atoms with van der Waals surface area (Å²) in [7, 11) is -3.46. The minimum atomic E-state index is -3.46. The molecular formula is C14H27NO3S. The monoisotopic (exact) mass is 289 g/mol. The van der Waals surface area contributed by atoms with Gasteiger partial charge in [-0.1, -0.05) is 27.7 Å². The van der Waals surface area contributed by atoms with Crippen LogP contribution in [0, 0.1) is 23.7 Å². The number of carbonyl (C=O) groups excluding carboxylic acids is 1. The van der Waals surface area contributed by atoms with Crippen molar-refractivity contribution in [2.45, 2.75) is 53.4 Å². The second kappa shape index (κ2) is 6.73. The molecule has 0 aromatic carbocycles. The van der Waals surface area contributed by atoms with E-state index in [0.717, 1.165) is 25.7 Å². The zero-order valence-corrected chi connectivity index (χ0v) is 13.3. The summed E-state index contributed by atoms with van der Waals surface area (Å²) in [5.41, 5.74) is 0. The Morgan fingerprint density at radius 1 is 1.11 bits per heavy atom. The summed E-state index contributed by atoms with van der Waals surface area (Å²) in [6, 6.07) is 0. The molecule has 4 nitrogen and oxygen atoms in total. The number of hydrogen-bond donors (Lipinski definition) is 1. The first-order chi connectivity index (χ1) is 8.71. The highest BCUT2D eigenvalue weighted by molar-refractivity contribution is 7.90. The van der Waals surface area contributed by atoms with Gasteiger partial charge in [-0.05, 0) is 43.4 Å². The Labute approximate surface area is 117 Å². The number of rotatable bonds is 5. The molecule has 5 heteroatoms. The zero-order valence-electron chi connectivity index (χ0n) is 12.5. The van der Waals surface area contributed by atoms with Crippen LogP contribution in [0.5, 0.6) is 0 Å². The van der Waals surface area contributed by atoms with E-state index >= 15 is 0 Å². The Kier molecular flexibility index (Phi) is 5.83. The fraction of sp³-hybridized carbons (Fsp3) is 0.929. The SMILES string of the molecule is CC(C)CS(=O)(=O)NC(=O)C1CCC(C(C)C)CC1. The minimum absolute atomic E-state index is 0.0140. The molecule has 0 saturated heterocycles. The van der Waals surface area contributed by atoms with E-state index in [1.54, 1.807) is 0 Å². The Hall–Kier alpha value is -0.580. The molecule has 0 radical (unpaired) electrons. The molecular weight excluding hydrogens is 262 g/mol. The molecule has 1 aliphatic carbocycles. The summed E-state index contributed by atoms with van der Waals surface area (Å²) in [4.78, 5) is 12.0. The zero-order chi connectivity index (χ0) is 14.6. The smallest absolute Gasteiger partial charge is 0.236 e. The largest absolute Gasteiger partial charge is 0.274 e. The molecule has 1 N–H and O–H groups in total. The van der Waals surface area contributed by atoms with E-state index in [4.69, 9.17) is 0 Å². The van der Waals surface area contributed by atoms with Gasteiger partial charge in [0.2, 0.25) is 15.9 Å². The van der Waals surface area contributed by atoms with Gasteiger partial charge in [-0.3, -0.25) is 9.52 Å². The fourth-order valence-electron chi connectivity index (χ4n) is 2.77. The van der Waals surface area contributed by atoms with Crippen molar-refractivity contribution < 1.29 is 13.2 Å². The number of amides is 1. The van der Waals surface area contributed by atoms with Crippen LogP contribution in [0.1, 0.15) is 53.4 Å². The van der Waals surface area contributed by atoms with Crippen molar-refractivity contribution >= 4 is 15.9 Å². The van der Waals surface area contributed by atoms with E-state index in [0.29, 0.717) is 11.8 Å². The first kappa shape index (κ1) is 16.5. The Morgan fingerprint density at radius 2 is 1.63 bits per heavy atom. The Bertz CT molecular complexity index is 393. The maximum Gasteiger partial charge on any atom is 0.236 e. The van der Waals surface area contributed by atoms with Gasteiger partial charge >= 0.3 is 0 Å². The van der Waals surface area contributed by atoms with Crippen LogP contribution in [0.15, 0.2) is 0 Å². The minimum Gasteiger partial charge on any atom is -0.274 e. The van der Waals surface area contributed by atoms with E-state index in [-0.39, 0.29) is 23.5 Å². The third kappa shape index (κ3) is 5.51. The lowest BCUT2D eigenvalue weighted by Crippen LogP contribution is -2.39. The summed E-state index contributed by atoms with van der Waals surface area (Å²) in [5, 5.41) is 0. The number of sulfonamides is 1. The molecule has 0 heterocycles. The van der Waals surface area contributed by atoms with Crippen LogP contribution in [-0.2, 0) is 14.8 Å². The maximum atomic E-state index is 12.0. The summed E-state index contributed by atoms with van der Waals surface area (Å²) in [6.45, 7) is 8.07. The third-order valence-corrected chi connectivity index (χ3v) is 5.51. The van der Waals surface area contributed by atoms with Crippen LogP contribution in [0.3, 0.4) is 0 Å². The normalized spacial score (nSPS) is 24.7. The molecule has 0 aromatic rings. The van der Waals surface area contributed by atoms with Gasteiger partial charge in [0.05, 0.1) is 5.75 Å². The van der Waals surface area contributed by atoms with E-state index in [9.17, 15) is 13.2 Å². The van der Waals surface area contributed by atoms with Crippen LogP contribution in [0.2, 0.25) is 0 Å². The van der Waals surface area contributed by atoms with Gasteiger partial charge in [-0.2, -0.15) is 0 Å². The van der Waals surface area contributed by atoms with Crippen molar-refractivity contribution in [2.24, 2.45) is 23.7 Å². The quantitative estimate of drug-likeness (QED) is 0.846. The van der Waals surface area contributed by atoms with Crippen molar-refractivity contribution in [3.63, 3.8) is 0 Å². The van der Waals surface area contributed by atoms with Gasteiger partial charge < -0.3 is 0 Å². The second-order valence-electron chi connectivity index (χ2n) is 6.50. The van der Waals surface area contributed by atoms with Gasteiger partial charge in [0.1, 0.15) is 0 Å². The molecule has 112 valence electrons. The van der Waals surface area contributed by atoms with Gasteiger partial charge in [0.25, 0.3) is 0 Å². The molecule has 1 aliphatic rings. The molecule has 0 aromatic heterocycles. The predicted molar refractivity (Wildman–Crippen MR) is 77.1 cm³/mol. The van der Waals surface area contributed by atoms with Crippen molar-refractivity contribution in [3.8, 4) is 0 Å². The van der Waals surface area contributed by atoms with Gasteiger partial charge in [0.15, 0.2) is 0 Å². The number of carbonyl (C=O) groups is 1. The van der Waals surface area contributed by atoms with Crippen LogP contribution < -0.4 is 4.72 Å². The van der Waals surface area contributed by atoms with E-state index in [2.05, 4.69) is 18.6 Å². The van der Waals surface area contributed by atoms with Crippen molar-refractivity contribution in [1.29, 1.82) is 0 Å². The lowest BCUT2D eigenvalue weighted by atomic mass is 9.77. The van der Waals surface area contributed by atoms with Crippen LogP contribution in [-0.4, -0.2) is 20.1 Å². The molecule has 1 fully saturated rings. The highest BCUT2D eigenvalue weighted by Crippen LogP contribution is 2.33. The van der Waals surface area contributed by atoms with Crippen molar-refractivity contribution in [1.82, 2.24) is 4.72 Å². The van der Waals surface area contributed by atoms with E-state index in [1.165, 1.54) is 0 Å². The Balaban J connectivity index is 2.48. The van der Waals surface area contributed by atoms with Gasteiger partial charge in [0, 0.05) is 5.92 Å². The summed E-state index contributed by atoms with van der Waals surface area (Å²) in [6.07, 6.45) is 3.68. The molecule has 1 saturated carbocycles. The average molecular weight is 289 g/mol. The van der Waals surface area contributed by atoms with Gasteiger partial charge in [-0.15, -0.1) is 0 Å². The molecule has 0 aliphatic heterocycles. The van der Waals surface area contributed by atoms with Crippen molar-refractivity contribution in [3.05, 3.63) is 0 Å². The summed E-state index contributed by atoms with van der Waals surface area (Å²) < 4.78 is 25.7. The van der Waals surface area contributed by atoms with Crippen LogP contribution in [0.4, 0.5) is 0 Å². The second-order valence-corrected chi connectivity index (χ2v) is 8.26. The Morgan fingerprint density at radius 3 is 2.05 bits per heavy atom. The third-order valence-electron chi connectivity index (χ3n) is 3.89. The number of nitrogens with one attached hydrogen (secondary N) is 1. The van der Waals surface area contributed by atoms with Gasteiger partial charge in [-0.25, -0.2) is 8.42 Å². The van der Waals surface area contributed by atoms with E-state index < -0.39 is 10.0 Å².